The van der Waals surface area contributed by atoms with Gasteiger partial charge in [0.05, 0.1) is 12.5 Å². The normalized spacial score (nSPS) is 13.7. The average Bonchev–Trinajstić information content (AvgIpc) is 2.58. The molecule has 0 saturated heterocycles. The van der Waals surface area contributed by atoms with Crippen LogP contribution in [0.4, 0.5) is 0 Å². The predicted octanol–water partition coefficient (Wildman–Crippen LogP) is -2.89. The van der Waals surface area contributed by atoms with Gasteiger partial charge in [-0.3, -0.25) is 24.0 Å². The topological polar surface area (TPSA) is 214 Å². The van der Waals surface area contributed by atoms with Crippen molar-refractivity contribution in [2.75, 3.05) is 13.1 Å². The lowest BCUT2D eigenvalue weighted by Crippen LogP contribution is -2.55. The van der Waals surface area contributed by atoms with Crippen molar-refractivity contribution in [2.24, 2.45) is 11.5 Å². The van der Waals surface area contributed by atoms with Crippen molar-refractivity contribution >= 4 is 29.7 Å². The molecule has 0 radical (unpaired) electrons. The fourth-order valence-electron chi connectivity index (χ4n) is 2.00. The summed E-state index contributed by atoms with van der Waals surface area (Å²) in [6.45, 7) is 1.10. The zero-order valence-electron chi connectivity index (χ0n) is 15.1. The molecule has 3 amide bonds. The van der Waals surface area contributed by atoms with Crippen LogP contribution in [0.15, 0.2) is 0 Å². The van der Waals surface area contributed by atoms with Gasteiger partial charge in [-0.05, 0) is 26.3 Å². The monoisotopic (exact) mass is 389 g/mol. The van der Waals surface area contributed by atoms with Gasteiger partial charge >= 0.3 is 11.9 Å². The first-order valence-electron chi connectivity index (χ1n) is 8.36. The summed E-state index contributed by atoms with van der Waals surface area (Å²) in [6.07, 6.45) is 0.875. The fourth-order valence-corrected chi connectivity index (χ4v) is 2.00. The highest BCUT2D eigenvalue weighted by molar-refractivity contribution is 5.95. The molecule has 12 nitrogen and oxygen atoms in total. The highest BCUT2D eigenvalue weighted by Crippen LogP contribution is 2.01. The zero-order valence-corrected chi connectivity index (χ0v) is 15.1. The number of carboxylic acids is 2. The maximum absolute atomic E-state index is 12.2. The molecule has 27 heavy (non-hydrogen) atoms. The molecule has 154 valence electrons. The first kappa shape index (κ1) is 24.3. The van der Waals surface area contributed by atoms with E-state index >= 15 is 0 Å². The molecule has 0 bridgehead atoms. The molecule has 0 spiro atoms. The molecular formula is C15H27N5O7. The number of carbonyl (C=O) groups is 5. The number of unbranched alkanes of at least 4 members (excludes halogenated alkanes) is 1. The molecule has 0 aliphatic heterocycles. The third kappa shape index (κ3) is 10.8. The molecule has 0 aliphatic rings. The van der Waals surface area contributed by atoms with Crippen molar-refractivity contribution in [1.82, 2.24) is 16.0 Å². The maximum Gasteiger partial charge on any atom is 0.322 e. The number of hydrogen-bond donors (Lipinski definition) is 7. The molecule has 0 saturated carbocycles. The largest absolute Gasteiger partial charge is 0.481 e. The summed E-state index contributed by atoms with van der Waals surface area (Å²) in [7, 11) is 0. The summed E-state index contributed by atoms with van der Waals surface area (Å²) < 4.78 is 0. The van der Waals surface area contributed by atoms with Gasteiger partial charge in [0.2, 0.25) is 17.7 Å². The van der Waals surface area contributed by atoms with E-state index in [-0.39, 0.29) is 0 Å². The minimum Gasteiger partial charge on any atom is -0.481 e. The molecule has 0 aromatic rings. The Balaban J connectivity index is 4.79. The summed E-state index contributed by atoms with van der Waals surface area (Å²) >= 11 is 0. The number of nitrogens with one attached hydrogen (secondary N) is 3. The van der Waals surface area contributed by atoms with Crippen LogP contribution in [0.1, 0.15) is 32.6 Å². The van der Waals surface area contributed by atoms with Gasteiger partial charge in [-0.15, -0.1) is 0 Å². The Bertz CT molecular complexity index is 555. The molecule has 0 rings (SSSR count). The number of nitrogens with two attached hydrogens (primary N) is 2. The van der Waals surface area contributed by atoms with E-state index < -0.39 is 60.8 Å². The zero-order chi connectivity index (χ0) is 21.0. The first-order valence-corrected chi connectivity index (χ1v) is 8.36. The van der Waals surface area contributed by atoms with E-state index in [1.165, 1.54) is 6.92 Å². The van der Waals surface area contributed by atoms with Crippen LogP contribution in [0.2, 0.25) is 0 Å². The Morgan fingerprint density at radius 3 is 2.07 bits per heavy atom. The van der Waals surface area contributed by atoms with Gasteiger partial charge in [-0.25, -0.2) is 0 Å². The van der Waals surface area contributed by atoms with E-state index in [2.05, 4.69) is 16.0 Å². The molecule has 12 heteroatoms. The molecule has 0 fully saturated rings. The van der Waals surface area contributed by atoms with Gasteiger partial charge in [0.15, 0.2) is 0 Å². The van der Waals surface area contributed by atoms with Crippen molar-refractivity contribution in [1.29, 1.82) is 0 Å². The lowest BCUT2D eigenvalue weighted by molar-refractivity contribution is -0.141. The van der Waals surface area contributed by atoms with E-state index in [0.29, 0.717) is 25.8 Å². The summed E-state index contributed by atoms with van der Waals surface area (Å²) in [5, 5.41) is 24.0. The Kier molecular flexibility index (Phi) is 11.3. The van der Waals surface area contributed by atoms with Crippen LogP contribution >= 0.6 is 0 Å². The van der Waals surface area contributed by atoms with Crippen LogP contribution in [0.25, 0.3) is 0 Å². The standard InChI is InChI=1S/C15H27N5O7/c1-8(13(25)18-7-12(23)24)19-15(27)10(6-11(21)22)20-14(26)9(17)4-2-3-5-16/h8-10H,2-7,16-17H2,1H3,(H,18,25)(H,19,27)(H,20,26)(H,21,22)(H,23,24). The molecule has 0 aromatic carbocycles. The van der Waals surface area contributed by atoms with Crippen LogP contribution in [0.5, 0.6) is 0 Å². The van der Waals surface area contributed by atoms with Gasteiger partial charge in [-0.2, -0.15) is 0 Å². The van der Waals surface area contributed by atoms with Gasteiger partial charge in [0.1, 0.15) is 18.6 Å². The molecule has 9 N–H and O–H groups in total. The summed E-state index contributed by atoms with van der Waals surface area (Å²) in [5.41, 5.74) is 11.1. The van der Waals surface area contributed by atoms with E-state index in [9.17, 15) is 24.0 Å². The minimum atomic E-state index is -1.44. The molecule has 0 aromatic heterocycles. The average molecular weight is 389 g/mol. The molecular weight excluding hydrogens is 362 g/mol. The summed E-state index contributed by atoms with van der Waals surface area (Å²) in [4.78, 5) is 57.3. The second kappa shape index (κ2) is 12.6. The molecule has 3 unspecified atom stereocenters. The smallest absolute Gasteiger partial charge is 0.322 e. The van der Waals surface area contributed by atoms with E-state index in [1.54, 1.807) is 0 Å². The van der Waals surface area contributed by atoms with Crippen LogP contribution in [-0.4, -0.2) is 71.1 Å². The Hall–Kier alpha value is -2.73. The number of aliphatic carboxylic acids is 2. The second-order valence-corrected chi connectivity index (χ2v) is 5.89. The van der Waals surface area contributed by atoms with Gasteiger partial charge < -0.3 is 37.6 Å². The molecule has 3 atom stereocenters. The van der Waals surface area contributed by atoms with Crippen LogP contribution in [-0.2, 0) is 24.0 Å². The van der Waals surface area contributed by atoms with Crippen LogP contribution < -0.4 is 27.4 Å². The third-order valence-electron chi connectivity index (χ3n) is 3.48. The van der Waals surface area contributed by atoms with Crippen molar-refractivity contribution in [2.45, 2.75) is 50.7 Å². The fraction of sp³-hybridized carbons (Fsp3) is 0.667. The lowest BCUT2D eigenvalue weighted by atomic mass is 10.1. The number of carbonyl (C=O) groups excluding carboxylic acids is 3. The first-order chi connectivity index (χ1) is 12.6. The van der Waals surface area contributed by atoms with Gasteiger partial charge in [-0.1, -0.05) is 6.42 Å². The summed E-state index contributed by atoms with van der Waals surface area (Å²) in [5.74, 6) is -4.98. The Morgan fingerprint density at radius 1 is 0.926 bits per heavy atom. The van der Waals surface area contributed by atoms with Crippen molar-refractivity contribution in [3.8, 4) is 0 Å². The summed E-state index contributed by atoms with van der Waals surface area (Å²) in [6, 6.07) is -3.51. The highest BCUT2D eigenvalue weighted by atomic mass is 16.4. The van der Waals surface area contributed by atoms with E-state index in [1.807, 2.05) is 0 Å². The number of amides is 3. The minimum absolute atomic E-state index is 0.318. The highest BCUT2D eigenvalue weighted by Gasteiger charge is 2.28. The Labute approximate surface area is 156 Å². The molecule has 0 aliphatic carbocycles. The van der Waals surface area contributed by atoms with E-state index in [0.717, 1.165) is 0 Å². The Morgan fingerprint density at radius 2 is 1.56 bits per heavy atom. The quantitative estimate of drug-likeness (QED) is 0.161. The van der Waals surface area contributed by atoms with Crippen LogP contribution in [0, 0.1) is 0 Å². The molecule has 0 heterocycles. The number of carboxylic acid groups (broad SMARTS) is 2. The number of hydrogen-bond acceptors (Lipinski definition) is 7. The van der Waals surface area contributed by atoms with Crippen molar-refractivity contribution in [3.05, 3.63) is 0 Å². The van der Waals surface area contributed by atoms with E-state index in [4.69, 9.17) is 21.7 Å². The SMILES string of the molecule is CC(NC(=O)C(CC(=O)O)NC(=O)C(N)CCCCN)C(=O)NCC(=O)O. The van der Waals surface area contributed by atoms with Gasteiger partial charge in [0.25, 0.3) is 0 Å². The second-order valence-electron chi connectivity index (χ2n) is 5.89. The van der Waals surface area contributed by atoms with Gasteiger partial charge in [0, 0.05) is 0 Å². The third-order valence-corrected chi connectivity index (χ3v) is 3.48. The lowest BCUT2D eigenvalue weighted by Gasteiger charge is -2.21. The van der Waals surface area contributed by atoms with Crippen molar-refractivity contribution < 1.29 is 34.2 Å². The number of rotatable bonds is 13. The predicted molar refractivity (Wildman–Crippen MR) is 93.3 cm³/mol. The van der Waals surface area contributed by atoms with Crippen molar-refractivity contribution in [3.63, 3.8) is 0 Å². The van der Waals surface area contributed by atoms with Crippen LogP contribution in [0.3, 0.4) is 0 Å². The maximum atomic E-state index is 12.2.